The molecule has 0 saturated heterocycles. The van der Waals surface area contributed by atoms with Gasteiger partial charge < -0.3 is 10.3 Å². The molecule has 1 amide bonds. The standard InChI is InChI=1S/C24H23N3OS/c28-23(25-14-13-16-15-26-20-10-4-3-7-17(16)20)18-8-1-2-9-19(18)24-27-21-11-5-6-12-22(21)29-24/h1-7,10-12,15,18-19,26H,8-9,13-14H2,(H,25,28)/t18-,19-/m0/s1. The van der Waals surface area contributed by atoms with Gasteiger partial charge in [-0.2, -0.15) is 0 Å². The summed E-state index contributed by atoms with van der Waals surface area (Å²) in [5.74, 6) is 0.243. The Labute approximate surface area is 173 Å². The fourth-order valence-electron chi connectivity index (χ4n) is 4.22. The van der Waals surface area contributed by atoms with Gasteiger partial charge in [-0.15, -0.1) is 11.3 Å². The van der Waals surface area contributed by atoms with Gasteiger partial charge in [0.1, 0.15) is 0 Å². The van der Waals surface area contributed by atoms with Crippen LogP contribution in [-0.2, 0) is 11.2 Å². The van der Waals surface area contributed by atoms with E-state index in [1.54, 1.807) is 11.3 Å². The van der Waals surface area contributed by atoms with E-state index in [-0.39, 0.29) is 17.7 Å². The minimum absolute atomic E-state index is 0.0523. The van der Waals surface area contributed by atoms with Crippen molar-refractivity contribution in [2.75, 3.05) is 6.54 Å². The number of carbonyl (C=O) groups excluding carboxylic acids is 1. The van der Waals surface area contributed by atoms with Gasteiger partial charge >= 0.3 is 0 Å². The molecular weight excluding hydrogens is 378 g/mol. The van der Waals surface area contributed by atoms with Crippen molar-refractivity contribution in [3.8, 4) is 0 Å². The lowest BCUT2D eigenvalue weighted by Crippen LogP contribution is -2.36. The number of hydrogen-bond acceptors (Lipinski definition) is 3. The van der Waals surface area contributed by atoms with Crippen LogP contribution in [0.4, 0.5) is 0 Å². The number of benzene rings is 2. The molecule has 29 heavy (non-hydrogen) atoms. The molecular formula is C24H23N3OS. The van der Waals surface area contributed by atoms with Crippen LogP contribution in [0.5, 0.6) is 0 Å². The van der Waals surface area contributed by atoms with Gasteiger partial charge in [-0.1, -0.05) is 42.5 Å². The summed E-state index contributed by atoms with van der Waals surface area (Å²) < 4.78 is 1.19. The van der Waals surface area contributed by atoms with Crippen LogP contribution in [-0.4, -0.2) is 22.4 Å². The molecule has 1 aliphatic carbocycles. The molecule has 5 heteroatoms. The van der Waals surface area contributed by atoms with Crippen molar-refractivity contribution in [3.05, 3.63) is 77.5 Å². The molecule has 0 fully saturated rings. The molecule has 2 N–H and O–H groups in total. The molecule has 1 aliphatic rings. The maximum absolute atomic E-state index is 13.0. The summed E-state index contributed by atoms with van der Waals surface area (Å²) in [5, 5.41) is 5.49. The van der Waals surface area contributed by atoms with Crippen LogP contribution in [0.2, 0.25) is 0 Å². The average molecular weight is 402 g/mol. The highest BCUT2D eigenvalue weighted by atomic mass is 32.1. The molecule has 2 atom stereocenters. The Morgan fingerprint density at radius 2 is 1.93 bits per heavy atom. The second kappa shape index (κ2) is 7.84. The summed E-state index contributed by atoms with van der Waals surface area (Å²) in [6.45, 7) is 0.646. The van der Waals surface area contributed by atoms with Gasteiger partial charge in [0.2, 0.25) is 5.91 Å². The number of amides is 1. The van der Waals surface area contributed by atoms with Crippen LogP contribution in [0.3, 0.4) is 0 Å². The number of aromatic nitrogens is 2. The second-order valence-electron chi connectivity index (χ2n) is 7.58. The Morgan fingerprint density at radius 1 is 1.10 bits per heavy atom. The normalized spacial score (nSPS) is 19.0. The number of aromatic amines is 1. The van der Waals surface area contributed by atoms with Crippen molar-refractivity contribution in [2.24, 2.45) is 5.92 Å². The minimum Gasteiger partial charge on any atom is -0.361 e. The van der Waals surface area contributed by atoms with E-state index in [0.29, 0.717) is 6.54 Å². The number of rotatable bonds is 5. The third-order valence-corrected chi connectivity index (χ3v) is 6.93. The largest absolute Gasteiger partial charge is 0.361 e. The van der Waals surface area contributed by atoms with E-state index >= 15 is 0 Å². The molecule has 5 rings (SSSR count). The maximum atomic E-state index is 13.0. The van der Waals surface area contributed by atoms with Crippen molar-refractivity contribution in [1.29, 1.82) is 0 Å². The van der Waals surface area contributed by atoms with E-state index in [0.717, 1.165) is 35.3 Å². The van der Waals surface area contributed by atoms with Crippen LogP contribution < -0.4 is 5.32 Å². The van der Waals surface area contributed by atoms with Gasteiger partial charge in [-0.05, 0) is 43.0 Å². The van der Waals surface area contributed by atoms with Gasteiger partial charge in [0.15, 0.2) is 0 Å². The van der Waals surface area contributed by atoms with E-state index in [1.807, 2.05) is 30.5 Å². The van der Waals surface area contributed by atoms with E-state index in [9.17, 15) is 4.79 Å². The van der Waals surface area contributed by atoms with Gasteiger partial charge in [-0.3, -0.25) is 4.79 Å². The summed E-state index contributed by atoms with van der Waals surface area (Å²) in [6, 6.07) is 16.5. The highest BCUT2D eigenvalue weighted by Gasteiger charge is 2.32. The maximum Gasteiger partial charge on any atom is 0.224 e. The number of H-pyrrole nitrogens is 1. The Kier molecular flexibility index (Phi) is 4.90. The van der Waals surface area contributed by atoms with Crippen molar-refractivity contribution < 1.29 is 4.79 Å². The predicted octanol–water partition coefficient (Wildman–Crippen LogP) is 5.19. The predicted molar refractivity (Wildman–Crippen MR) is 119 cm³/mol. The molecule has 4 aromatic rings. The lowest BCUT2D eigenvalue weighted by Gasteiger charge is -2.26. The van der Waals surface area contributed by atoms with Crippen LogP contribution in [0.25, 0.3) is 21.1 Å². The van der Waals surface area contributed by atoms with Crippen LogP contribution >= 0.6 is 11.3 Å². The topological polar surface area (TPSA) is 57.8 Å². The number of nitrogens with zero attached hydrogens (tertiary/aromatic N) is 1. The third-order valence-electron chi connectivity index (χ3n) is 5.77. The van der Waals surface area contributed by atoms with E-state index in [4.69, 9.17) is 4.98 Å². The van der Waals surface area contributed by atoms with Crippen LogP contribution in [0.1, 0.15) is 29.3 Å². The molecule has 2 aromatic heterocycles. The number of fused-ring (bicyclic) bond motifs is 2. The molecule has 4 nitrogen and oxygen atoms in total. The van der Waals surface area contributed by atoms with Gasteiger partial charge in [0.25, 0.3) is 0 Å². The lowest BCUT2D eigenvalue weighted by molar-refractivity contribution is -0.125. The van der Waals surface area contributed by atoms with Crippen LogP contribution in [0, 0.1) is 5.92 Å². The monoisotopic (exact) mass is 401 g/mol. The molecule has 2 heterocycles. The molecule has 0 saturated carbocycles. The fourth-order valence-corrected chi connectivity index (χ4v) is 5.36. The summed E-state index contributed by atoms with van der Waals surface area (Å²) in [7, 11) is 0. The van der Waals surface area contributed by atoms with Crippen LogP contribution in [0.15, 0.2) is 66.9 Å². The summed E-state index contributed by atoms with van der Waals surface area (Å²) in [6.07, 6.45) is 8.84. The summed E-state index contributed by atoms with van der Waals surface area (Å²) in [5.41, 5.74) is 3.41. The van der Waals surface area contributed by atoms with E-state index in [1.165, 1.54) is 15.6 Å². The molecule has 0 bridgehead atoms. The van der Waals surface area contributed by atoms with Crippen molar-refractivity contribution in [3.63, 3.8) is 0 Å². The molecule has 0 spiro atoms. The third kappa shape index (κ3) is 3.58. The first kappa shape index (κ1) is 18.1. The number of nitrogens with one attached hydrogen (secondary N) is 2. The molecule has 0 aliphatic heterocycles. The first-order valence-electron chi connectivity index (χ1n) is 10.1. The Balaban J connectivity index is 1.28. The number of para-hydroxylation sites is 2. The van der Waals surface area contributed by atoms with Gasteiger partial charge in [0.05, 0.1) is 21.1 Å². The molecule has 146 valence electrons. The Bertz CT molecular complexity index is 1160. The van der Waals surface area contributed by atoms with Crippen molar-refractivity contribution in [1.82, 2.24) is 15.3 Å². The average Bonchev–Trinajstić information content (AvgIpc) is 3.38. The Morgan fingerprint density at radius 3 is 2.86 bits per heavy atom. The summed E-state index contributed by atoms with van der Waals surface area (Å²) >= 11 is 1.72. The first-order chi connectivity index (χ1) is 14.3. The smallest absolute Gasteiger partial charge is 0.224 e. The Hall–Kier alpha value is -2.92. The highest BCUT2D eigenvalue weighted by molar-refractivity contribution is 7.18. The zero-order valence-electron chi connectivity index (χ0n) is 16.1. The highest BCUT2D eigenvalue weighted by Crippen LogP contribution is 2.38. The zero-order valence-corrected chi connectivity index (χ0v) is 16.9. The zero-order chi connectivity index (χ0) is 19.6. The number of allylic oxidation sites excluding steroid dienone is 2. The fraction of sp³-hybridized carbons (Fsp3) is 0.250. The molecule has 2 aromatic carbocycles. The number of thiazole rings is 1. The second-order valence-corrected chi connectivity index (χ2v) is 8.64. The number of hydrogen-bond donors (Lipinski definition) is 2. The van der Waals surface area contributed by atoms with Crippen molar-refractivity contribution >= 4 is 38.4 Å². The van der Waals surface area contributed by atoms with Gasteiger partial charge in [0, 0.05) is 29.6 Å². The van der Waals surface area contributed by atoms with E-state index in [2.05, 4.69) is 46.7 Å². The minimum atomic E-state index is -0.0523. The molecule has 0 unspecified atom stereocenters. The SMILES string of the molecule is O=C(NCCc1c[nH]c2ccccc12)[C@H]1CC=CC[C@@H]1c1nc2ccccc2s1. The first-order valence-corrected chi connectivity index (χ1v) is 10.9. The van der Waals surface area contributed by atoms with Crippen molar-refractivity contribution in [2.45, 2.75) is 25.2 Å². The summed E-state index contributed by atoms with van der Waals surface area (Å²) in [4.78, 5) is 21.1. The van der Waals surface area contributed by atoms with Gasteiger partial charge in [-0.25, -0.2) is 4.98 Å². The molecule has 0 radical (unpaired) electrons. The lowest BCUT2D eigenvalue weighted by atomic mass is 9.82. The van der Waals surface area contributed by atoms with E-state index < -0.39 is 0 Å². The number of carbonyl (C=O) groups is 1. The quantitative estimate of drug-likeness (QED) is 0.452.